The number of benzene rings is 3. The largest absolute Gasteiger partial charge is 0.497 e. The van der Waals surface area contributed by atoms with E-state index in [2.05, 4.69) is 12.2 Å². The number of nitrogens with zero attached hydrogens (tertiary/aromatic N) is 1. The van der Waals surface area contributed by atoms with Gasteiger partial charge in [0.2, 0.25) is 0 Å². The zero-order valence-corrected chi connectivity index (χ0v) is 17.9. The van der Waals surface area contributed by atoms with E-state index in [0.29, 0.717) is 10.6 Å². The molecule has 0 aliphatic carbocycles. The summed E-state index contributed by atoms with van der Waals surface area (Å²) in [5.41, 5.74) is 5.41. The molecule has 0 radical (unpaired) electrons. The molecule has 0 aliphatic heterocycles. The van der Waals surface area contributed by atoms with Crippen LogP contribution in [-0.4, -0.2) is 18.0 Å². The number of aromatic nitrogens is 1. The highest BCUT2D eigenvalue weighted by Gasteiger charge is 2.17. The SMILES string of the molecule is COc1ccc(/C=C(/C(=O)Nc2ccc(C)c(C)c2)c2nc3ccccc3s2)cc1. The number of hydrogen-bond donors (Lipinski definition) is 1. The van der Waals surface area contributed by atoms with E-state index in [4.69, 9.17) is 9.72 Å². The molecule has 30 heavy (non-hydrogen) atoms. The van der Waals surface area contributed by atoms with Crippen LogP contribution in [0.15, 0.2) is 66.7 Å². The third kappa shape index (κ3) is 4.26. The number of carbonyl (C=O) groups excluding carboxylic acids is 1. The number of anilines is 1. The van der Waals surface area contributed by atoms with Crippen LogP contribution in [0, 0.1) is 13.8 Å². The molecule has 0 atom stereocenters. The predicted octanol–water partition coefficient (Wildman–Crippen LogP) is 6.10. The van der Waals surface area contributed by atoms with Crippen molar-refractivity contribution in [2.45, 2.75) is 13.8 Å². The zero-order valence-electron chi connectivity index (χ0n) is 17.1. The molecule has 0 spiro atoms. The highest BCUT2D eigenvalue weighted by Crippen LogP contribution is 2.30. The van der Waals surface area contributed by atoms with Crippen LogP contribution in [0.4, 0.5) is 5.69 Å². The second-order valence-electron chi connectivity index (χ2n) is 7.07. The first-order valence-electron chi connectivity index (χ1n) is 9.64. The standard InChI is InChI=1S/C25H22N2O2S/c1-16-8-11-19(14-17(16)2)26-24(28)21(15-18-9-12-20(29-3)13-10-18)25-27-22-6-4-5-7-23(22)30-25/h4-15H,1-3H3,(H,26,28)/b21-15-. The van der Waals surface area contributed by atoms with Gasteiger partial charge >= 0.3 is 0 Å². The number of methoxy groups -OCH3 is 1. The van der Waals surface area contributed by atoms with Crippen molar-refractivity contribution < 1.29 is 9.53 Å². The average Bonchev–Trinajstić information content (AvgIpc) is 3.19. The molecule has 1 N–H and O–H groups in total. The van der Waals surface area contributed by atoms with E-state index in [1.807, 2.05) is 79.7 Å². The van der Waals surface area contributed by atoms with E-state index < -0.39 is 0 Å². The molecule has 0 saturated heterocycles. The minimum atomic E-state index is -0.187. The van der Waals surface area contributed by atoms with Gasteiger partial charge in [-0.25, -0.2) is 4.98 Å². The van der Waals surface area contributed by atoms with E-state index in [-0.39, 0.29) is 5.91 Å². The Morgan fingerprint density at radius 3 is 2.47 bits per heavy atom. The Balaban J connectivity index is 1.74. The van der Waals surface area contributed by atoms with Crippen molar-refractivity contribution in [1.82, 2.24) is 4.98 Å². The lowest BCUT2D eigenvalue weighted by Gasteiger charge is -2.09. The lowest BCUT2D eigenvalue weighted by Crippen LogP contribution is -2.13. The maximum Gasteiger partial charge on any atom is 0.258 e. The predicted molar refractivity (Wildman–Crippen MR) is 125 cm³/mol. The molecule has 0 fully saturated rings. The van der Waals surface area contributed by atoms with Gasteiger partial charge in [-0.1, -0.05) is 30.3 Å². The Labute approximate surface area is 179 Å². The van der Waals surface area contributed by atoms with Crippen molar-refractivity contribution in [3.05, 3.63) is 88.4 Å². The molecule has 1 heterocycles. The van der Waals surface area contributed by atoms with Crippen molar-refractivity contribution in [1.29, 1.82) is 0 Å². The van der Waals surface area contributed by atoms with E-state index in [1.165, 1.54) is 16.9 Å². The quantitative estimate of drug-likeness (QED) is 0.401. The van der Waals surface area contributed by atoms with Crippen LogP contribution >= 0.6 is 11.3 Å². The Morgan fingerprint density at radius 2 is 1.77 bits per heavy atom. The number of nitrogens with one attached hydrogen (secondary N) is 1. The molecule has 4 aromatic rings. The third-order valence-corrected chi connectivity index (χ3v) is 6.03. The van der Waals surface area contributed by atoms with Gasteiger partial charge in [-0.15, -0.1) is 11.3 Å². The first-order chi connectivity index (χ1) is 14.5. The molecule has 0 aliphatic rings. The van der Waals surface area contributed by atoms with Gasteiger partial charge in [-0.05, 0) is 73.0 Å². The Hall–Kier alpha value is -3.44. The third-order valence-electron chi connectivity index (χ3n) is 4.96. The number of carbonyl (C=O) groups is 1. The van der Waals surface area contributed by atoms with Gasteiger partial charge in [-0.2, -0.15) is 0 Å². The van der Waals surface area contributed by atoms with Crippen LogP contribution < -0.4 is 10.1 Å². The van der Waals surface area contributed by atoms with Crippen molar-refractivity contribution in [3.63, 3.8) is 0 Å². The molecule has 0 unspecified atom stereocenters. The van der Waals surface area contributed by atoms with Gasteiger partial charge < -0.3 is 10.1 Å². The van der Waals surface area contributed by atoms with Gasteiger partial charge in [-0.3, -0.25) is 4.79 Å². The monoisotopic (exact) mass is 414 g/mol. The highest BCUT2D eigenvalue weighted by molar-refractivity contribution is 7.19. The van der Waals surface area contributed by atoms with Crippen molar-refractivity contribution in [2.24, 2.45) is 0 Å². The second kappa shape index (κ2) is 8.51. The van der Waals surface area contributed by atoms with Crippen molar-refractivity contribution >= 4 is 44.8 Å². The fourth-order valence-electron chi connectivity index (χ4n) is 3.10. The molecule has 0 saturated carbocycles. The summed E-state index contributed by atoms with van der Waals surface area (Å²) >= 11 is 1.51. The number of thiazole rings is 1. The number of fused-ring (bicyclic) bond motifs is 1. The van der Waals surface area contributed by atoms with Gasteiger partial charge in [0.25, 0.3) is 5.91 Å². The van der Waals surface area contributed by atoms with Gasteiger partial charge in [0.1, 0.15) is 10.8 Å². The topological polar surface area (TPSA) is 51.2 Å². The minimum absolute atomic E-state index is 0.187. The smallest absolute Gasteiger partial charge is 0.258 e. The van der Waals surface area contributed by atoms with E-state index >= 15 is 0 Å². The molecular formula is C25H22N2O2S. The number of rotatable bonds is 5. The normalized spacial score (nSPS) is 11.5. The molecule has 3 aromatic carbocycles. The van der Waals surface area contributed by atoms with Crippen LogP contribution in [0.5, 0.6) is 5.75 Å². The van der Waals surface area contributed by atoms with Crippen LogP contribution in [0.25, 0.3) is 21.9 Å². The molecule has 1 aromatic heterocycles. The Kier molecular flexibility index (Phi) is 5.63. The minimum Gasteiger partial charge on any atom is -0.497 e. The van der Waals surface area contributed by atoms with E-state index in [9.17, 15) is 4.79 Å². The van der Waals surface area contributed by atoms with Gasteiger partial charge in [0, 0.05) is 5.69 Å². The maximum absolute atomic E-state index is 13.3. The maximum atomic E-state index is 13.3. The average molecular weight is 415 g/mol. The summed E-state index contributed by atoms with van der Waals surface area (Å²) in [4.78, 5) is 18.0. The van der Waals surface area contributed by atoms with E-state index in [1.54, 1.807) is 7.11 Å². The lowest BCUT2D eigenvalue weighted by molar-refractivity contribution is -0.111. The first kappa shape index (κ1) is 19.9. The molecule has 0 bridgehead atoms. The van der Waals surface area contributed by atoms with Gasteiger partial charge in [0.15, 0.2) is 0 Å². The number of para-hydroxylation sites is 1. The fraction of sp³-hybridized carbons (Fsp3) is 0.120. The first-order valence-corrected chi connectivity index (χ1v) is 10.5. The summed E-state index contributed by atoms with van der Waals surface area (Å²) in [6.07, 6.45) is 1.87. The summed E-state index contributed by atoms with van der Waals surface area (Å²) in [5.74, 6) is 0.585. The summed E-state index contributed by atoms with van der Waals surface area (Å²) in [5, 5.41) is 3.72. The van der Waals surface area contributed by atoms with Crippen LogP contribution in [0.1, 0.15) is 21.7 Å². The summed E-state index contributed by atoms with van der Waals surface area (Å²) in [6.45, 7) is 4.09. The number of ether oxygens (including phenoxy) is 1. The molecule has 5 heteroatoms. The molecule has 4 rings (SSSR count). The van der Waals surface area contributed by atoms with E-state index in [0.717, 1.165) is 32.8 Å². The Morgan fingerprint density at radius 1 is 1.00 bits per heavy atom. The summed E-state index contributed by atoms with van der Waals surface area (Å²) < 4.78 is 6.28. The van der Waals surface area contributed by atoms with Crippen LogP contribution in [-0.2, 0) is 4.79 Å². The van der Waals surface area contributed by atoms with Crippen LogP contribution in [0.3, 0.4) is 0 Å². The fourth-order valence-corrected chi connectivity index (χ4v) is 4.07. The number of hydrogen-bond acceptors (Lipinski definition) is 4. The molecule has 150 valence electrons. The zero-order chi connectivity index (χ0) is 21.1. The summed E-state index contributed by atoms with van der Waals surface area (Å²) in [6, 6.07) is 21.4. The molecule has 1 amide bonds. The highest BCUT2D eigenvalue weighted by atomic mass is 32.1. The Bertz CT molecular complexity index is 1210. The molecule has 4 nitrogen and oxygen atoms in total. The summed E-state index contributed by atoms with van der Waals surface area (Å²) in [7, 11) is 1.63. The molecular weight excluding hydrogens is 392 g/mol. The van der Waals surface area contributed by atoms with Crippen molar-refractivity contribution in [2.75, 3.05) is 12.4 Å². The number of aryl methyl sites for hydroxylation is 2. The second-order valence-corrected chi connectivity index (χ2v) is 8.10. The number of amides is 1. The van der Waals surface area contributed by atoms with Crippen molar-refractivity contribution in [3.8, 4) is 5.75 Å². The van der Waals surface area contributed by atoms with Gasteiger partial charge in [0.05, 0.1) is 22.9 Å². The lowest BCUT2D eigenvalue weighted by atomic mass is 10.1. The van der Waals surface area contributed by atoms with Crippen LogP contribution in [0.2, 0.25) is 0 Å².